The Morgan fingerprint density at radius 3 is 2.35 bits per heavy atom. The molecule has 0 bridgehead atoms. The van der Waals surface area contributed by atoms with Gasteiger partial charge in [0.1, 0.15) is 11.0 Å². The number of nitrogens with one attached hydrogen (secondary N) is 1. The Bertz CT molecular complexity index is 943. The van der Waals surface area contributed by atoms with Crippen molar-refractivity contribution >= 4 is 28.8 Å². The lowest BCUT2D eigenvalue weighted by atomic mass is 10.1. The van der Waals surface area contributed by atoms with E-state index >= 15 is 0 Å². The summed E-state index contributed by atoms with van der Waals surface area (Å²) in [6, 6.07) is 11.0. The van der Waals surface area contributed by atoms with Crippen molar-refractivity contribution in [1.82, 2.24) is 20.5 Å². The zero-order valence-electron chi connectivity index (χ0n) is 11.5. The van der Waals surface area contributed by atoms with E-state index in [1.54, 1.807) is 24.3 Å². The smallest absolute Gasteiger partial charge is 0.324 e. The number of hydrogen-bond donors (Lipinski definition) is 1. The van der Waals surface area contributed by atoms with Crippen LogP contribution in [-0.2, 0) is 4.84 Å². The highest BCUT2D eigenvalue weighted by atomic mass is 16.7. The number of aromatic amines is 1. The molecule has 1 aliphatic rings. The Morgan fingerprint density at radius 2 is 1.65 bits per heavy atom. The number of nitrogens with zero attached hydrogens (tertiary/aromatic N) is 3. The first-order valence-electron chi connectivity index (χ1n) is 6.66. The number of rotatable bonds is 2. The zero-order valence-corrected chi connectivity index (χ0v) is 11.5. The van der Waals surface area contributed by atoms with Gasteiger partial charge in [-0.2, -0.15) is 15.4 Å². The fraction of sp³-hybridized carbons (Fsp3) is 0. The molecule has 1 aliphatic heterocycles. The van der Waals surface area contributed by atoms with Crippen molar-refractivity contribution in [1.29, 1.82) is 0 Å². The molecule has 0 aliphatic carbocycles. The molecule has 0 saturated carbocycles. The van der Waals surface area contributed by atoms with Gasteiger partial charge in [-0.05, 0) is 24.3 Å². The highest BCUT2D eigenvalue weighted by Crippen LogP contribution is 2.24. The maximum Gasteiger partial charge on any atom is 0.366 e. The Hall–Kier alpha value is -3.55. The minimum atomic E-state index is -0.862. The van der Waals surface area contributed by atoms with E-state index in [0.29, 0.717) is 16.1 Å². The van der Waals surface area contributed by atoms with Crippen LogP contribution in [-0.4, -0.2) is 38.3 Å². The van der Waals surface area contributed by atoms with Gasteiger partial charge in [-0.15, -0.1) is 0 Å². The maximum atomic E-state index is 12.3. The van der Waals surface area contributed by atoms with E-state index in [1.165, 1.54) is 18.2 Å². The second-order valence-corrected chi connectivity index (χ2v) is 4.83. The van der Waals surface area contributed by atoms with Gasteiger partial charge in [-0.1, -0.05) is 23.3 Å². The van der Waals surface area contributed by atoms with Crippen molar-refractivity contribution in [3.63, 3.8) is 0 Å². The molecule has 1 N–H and O–H groups in total. The normalized spacial score (nSPS) is 13.5. The predicted octanol–water partition coefficient (Wildman–Crippen LogP) is 1.33. The van der Waals surface area contributed by atoms with Crippen LogP contribution in [0.1, 0.15) is 31.1 Å². The lowest BCUT2D eigenvalue weighted by Crippen LogP contribution is -2.32. The van der Waals surface area contributed by atoms with Crippen LogP contribution in [0.15, 0.2) is 42.5 Å². The molecule has 8 heteroatoms. The van der Waals surface area contributed by atoms with Gasteiger partial charge in [0.05, 0.1) is 16.7 Å². The van der Waals surface area contributed by atoms with E-state index < -0.39 is 17.8 Å². The van der Waals surface area contributed by atoms with Crippen LogP contribution in [0.4, 0.5) is 0 Å². The zero-order chi connectivity index (χ0) is 16.0. The Labute approximate surface area is 128 Å². The quantitative estimate of drug-likeness (QED) is 0.716. The van der Waals surface area contributed by atoms with E-state index in [0.717, 1.165) is 0 Å². The summed E-state index contributed by atoms with van der Waals surface area (Å²) >= 11 is 0. The number of amides is 2. The summed E-state index contributed by atoms with van der Waals surface area (Å²) in [6.07, 6.45) is 0. The second-order valence-electron chi connectivity index (χ2n) is 4.83. The number of fused-ring (bicyclic) bond motifs is 2. The van der Waals surface area contributed by atoms with Gasteiger partial charge in [-0.3, -0.25) is 9.59 Å². The van der Waals surface area contributed by atoms with Crippen LogP contribution in [0, 0.1) is 0 Å². The molecular weight excluding hydrogens is 300 g/mol. The molecule has 2 heterocycles. The molecule has 0 radical (unpaired) electrons. The molecule has 4 rings (SSSR count). The standard InChI is InChI=1S/C15H8N4O4/c20-13-8-4-1-2-5-9(8)14(21)19(13)23-15(22)10-6-3-7-11-12(10)17-18-16-11/h1-7H,(H,16,17,18). The van der Waals surface area contributed by atoms with Gasteiger partial charge in [0, 0.05) is 0 Å². The van der Waals surface area contributed by atoms with Crippen LogP contribution in [0.25, 0.3) is 11.0 Å². The average molecular weight is 308 g/mol. The number of carbonyl (C=O) groups is 3. The van der Waals surface area contributed by atoms with Crippen molar-refractivity contribution in [2.75, 3.05) is 0 Å². The first-order valence-corrected chi connectivity index (χ1v) is 6.66. The molecule has 0 spiro atoms. The van der Waals surface area contributed by atoms with Gasteiger partial charge in [-0.25, -0.2) is 4.79 Å². The first kappa shape index (κ1) is 13.1. The van der Waals surface area contributed by atoms with E-state index in [2.05, 4.69) is 15.4 Å². The molecule has 2 amide bonds. The average Bonchev–Trinajstić information content (AvgIpc) is 3.14. The van der Waals surface area contributed by atoms with Crippen LogP contribution in [0.5, 0.6) is 0 Å². The molecule has 0 atom stereocenters. The number of H-pyrrole nitrogens is 1. The molecule has 1 aromatic heterocycles. The van der Waals surface area contributed by atoms with Crippen molar-refractivity contribution in [2.45, 2.75) is 0 Å². The minimum absolute atomic E-state index is 0.104. The van der Waals surface area contributed by atoms with Gasteiger partial charge in [0.25, 0.3) is 11.8 Å². The summed E-state index contributed by atoms with van der Waals surface area (Å²) in [5.41, 5.74) is 1.28. The molecule has 0 saturated heterocycles. The van der Waals surface area contributed by atoms with Crippen molar-refractivity contribution in [3.05, 3.63) is 59.2 Å². The molecule has 0 fully saturated rings. The first-order chi connectivity index (χ1) is 11.2. The predicted molar refractivity (Wildman–Crippen MR) is 76.2 cm³/mol. The fourth-order valence-corrected chi connectivity index (χ4v) is 2.41. The van der Waals surface area contributed by atoms with Crippen LogP contribution >= 0.6 is 0 Å². The molecule has 112 valence electrons. The maximum absolute atomic E-state index is 12.3. The third-order valence-electron chi connectivity index (χ3n) is 3.50. The number of imide groups is 1. The Morgan fingerprint density at radius 1 is 0.957 bits per heavy atom. The molecule has 8 nitrogen and oxygen atoms in total. The minimum Gasteiger partial charge on any atom is -0.324 e. The number of aromatic nitrogens is 3. The Kier molecular flexibility index (Phi) is 2.70. The number of hydroxylamine groups is 2. The number of benzene rings is 2. The van der Waals surface area contributed by atoms with Crippen molar-refractivity contribution < 1.29 is 19.2 Å². The molecule has 2 aromatic carbocycles. The molecule has 3 aromatic rings. The third kappa shape index (κ3) is 1.89. The molecule has 0 unspecified atom stereocenters. The monoisotopic (exact) mass is 308 g/mol. The molecule has 23 heavy (non-hydrogen) atoms. The van der Waals surface area contributed by atoms with Crippen molar-refractivity contribution in [3.8, 4) is 0 Å². The molecular formula is C15H8N4O4. The summed E-state index contributed by atoms with van der Waals surface area (Å²) in [6.45, 7) is 0. The largest absolute Gasteiger partial charge is 0.366 e. The van der Waals surface area contributed by atoms with Gasteiger partial charge >= 0.3 is 5.97 Å². The number of para-hydroxylation sites is 1. The van der Waals surface area contributed by atoms with Crippen LogP contribution < -0.4 is 0 Å². The summed E-state index contributed by atoms with van der Waals surface area (Å²) in [5.74, 6) is -2.21. The summed E-state index contributed by atoms with van der Waals surface area (Å²) in [4.78, 5) is 41.7. The highest BCUT2D eigenvalue weighted by molar-refractivity contribution is 6.21. The summed E-state index contributed by atoms with van der Waals surface area (Å²) in [7, 11) is 0. The fourth-order valence-electron chi connectivity index (χ4n) is 2.41. The Balaban J connectivity index is 1.67. The topological polar surface area (TPSA) is 105 Å². The van der Waals surface area contributed by atoms with E-state index in [1.807, 2.05) is 0 Å². The van der Waals surface area contributed by atoms with Crippen molar-refractivity contribution in [2.24, 2.45) is 0 Å². The van der Waals surface area contributed by atoms with Gasteiger partial charge in [0.15, 0.2) is 0 Å². The highest BCUT2D eigenvalue weighted by Gasteiger charge is 2.39. The lowest BCUT2D eigenvalue weighted by Gasteiger charge is -2.12. The summed E-state index contributed by atoms with van der Waals surface area (Å²) in [5, 5.41) is 10.6. The number of carbonyl (C=O) groups excluding carboxylic acids is 3. The second kappa shape index (κ2) is 4.73. The van der Waals surface area contributed by atoms with Gasteiger partial charge in [0.2, 0.25) is 0 Å². The van der Waals surface area contributed by atoms with Gasteiger partial charge < -0.3 is 4.84 Å². The number of hydrogen-bond acceptors (Lipinski definition) is 6. The third-order valence-corrected chi connectivity index (χ3v) is 3.50. The van der Waals surface area contributed by atoms with E-state index in [9.17, 15) is 14.4 Å². The lowest BCUT2D eigenvalue weighted by molar-refractivity contribution is -0.0583. The SMILES string of the molecule is O=C(ON1C(=O)c2ccccc2C1=O)c1cccc2n[nH]nc12. The van der Waals surface area contributed by atoms with Crippen LogP contribution in [0.3, 0.4) is 0 Å². The van der Waals surface area contributed by atoms with E-state index in [-0.39, 0.29) is 16.7 Å². The van der Waals surface area contributed by atoms with E-state index in [4.69, 9.17) is 4.84 Å². The summed E-state index contributed by atoms with van der Waals surface area (Å²) < 4.78 is 0. The van der Waals surface area contributed by atoms with Crippen LogP contribution in [0.2, 0.25) is 0 Å².